The Labute approximate surface area is 315 Å². The summed E-state index contributed by atoms with van der Waals surface area (Å²) in [5.41, 5.74) is 8.44. The van der Waals surface area contributed by atoms with Gasteiger partial charge in [-0.2, -0.15) is 0 Å². The molecule has 3 heteroatoms. The van der Waals surface area contributed by atoms with Crippen LogP contribution in [0.15, 0.2) is 188 Å². The summed E-state index contributed by atoms with van der Waals surface area (Å²) in [5.74, 6) is 0. The van der Waals surface area contributed by atoms with Gasteiger partial charge in [-0.3, -0.25) is 0 Å². The van der Waals surface area contributed by atoms with Crippen molar-refractivity contribution in [3.8, 4) is 22.3 Å². The Kier molecular flexibility index (Phi) is 6.97. The predicted molar refractivity (Wildman–Crippen MR) is 233 cm³/mol. The Hall–Kier alpha value is -6.26. The Bertz CT molecular complexity index is 3170. The van der Waals surface area contributed by atoms with E-state index in [0.29, 0.717) is 0 Å². The molecule has 0 aliphatic carbocycles. The number of anilines is 3. The maximum Gasteiger partial charge on any atom is 0.0640 e. The van der Waals surface area contributed by atoms with Crippen LogP contribution in [0.5, 0.6) is 0 Å². The summed E-state index contributed by atoms with van der Waals surface area (Å²) in [6, 6.07) is 69.1. The van der Waals surface area contributed by atoms with Crippen LogP contribution in [0, 0.1) is 0 Å². The van der Waals surface area contributed by atoms with E-state index in [9.17, 15) is 0 Å². The van der Waals surface area contributed by atoms with Crippen molar-refractivity contribution in [2.24, 2.45) is 0 Å². The van der Waals surface area contributed by atoms with Crippen molar-refractivity contribution in [1.29, 1.82) is 0 Å². The second-order valence-corrected chi connectivity index (χ2v) is 15.8. The van der Waals surface area contributed by atoms with Crippen LogP contribution in [0.3, 0.4) is 0 Å². The van der Waals surface area contributed by atoms with Gasteiger partial charge < -0.3 is 4.90 Å². The molecule has 11 aromatic rings. The third-order valence-electron chi connectivity index (χ3n) is 10.7. The van der Waals surface area contributed by atoms with Gasteiger partial charge in [0.2, 0.25) is 0 Å². The first-order chi connectivity index (χ1) is 26.3. The number of benzene rings is 9. The van der Waals surface area contributed by atoms with Crippen LogP contribution < -0.4 is 4.90 Å². The molecule has 1 nitrogen and oxygen atoms in total. The van der Waals surface area contributed by atoms with Crippen molar-refractivity contribution < 1.29 is 0 Å². The Balaban J connectivity index is 1.13. The second-order valence-electron chi connectivity index (χ2n) is 13.7. The van der Waals surface area contributed by atoms with Crippen molar-refractivity contribution in [1.82, 2.24) is 0 Å². The summed E-state index contributed by atoms with van der Waals surface area (Å²) in [7, 11) is 0. The van der Waals surface area contributed by atoms with Crippen LogP contribution in [0.1, 0.15) is 0 Å². The summed E-state index contributed by atoms with van der Waals surface area (Å²) >= 11 is 3.77. The minimum atomic E-state index is 1.13. The molecule has 248 valence electrons. The van der Waals surface area contributed by atoms with E-state index in [0.717, 1.165) is 5.69 Å². The smallest absolute Gasteiger partial charge is 0.0640 e. The zero-order valence-electron chi connectivity index (χ0n) is 28.7. The fraction of sp³-hybridized carbons (Fsp3) is 0. The molecule has 0 spiro atoms. The van der Waals surface area contributed by atoms with Gasteiger partial charge in [0.15, 0.2) is 0 Å². The summed E-state index contributed by atoms with van der Waals surface area (Å²) in [6.07, 6.45) is 0. The summed E-state index contributed by atoms with van der Waals surface area (Å²) in [5, 5.41) is 10.3. The first kappa shape index (κ1) is 30.4. The van der Waals surface area contributed by atoms with Gasteiger partial charge in [0.25, 0.3) is 0 Å². The van der Waals surface area contributed by atoms with E-state index in [1.54, 1.807) is 0 Å². The average Bonchev–Trinajstić information content (AvgIpc) is 3.81. The van der Waals surface area contributed by atoms with E-state index >= 15 is 0 Å². The lowest BCUT2D eigenvalue weighted by Gasteiger charge is -2.28. The maximum atomic E-state index is 2.50. The first-order valence-electron chi connectivity index (χ1n) is 18.0. The van der Waals surface area contributed by atoms with Crippen molar-refractivity contribution in [2.75, 3.05) is 4.90 Å². The summed E-state index contributed by atoms with van der Waals surface area (Å²) < 4.78 is 5.20. The van der Waals surface area contributed by atoms with E-state index in [1.165, 1.54) is 95.5 Å². The highest BCUT2D eigenvalue weighted by molar-refractivity contribution is 7.27. The van der Waals surface area contributed by atoms with Crippen LogP contribution in [0.2, 0.25) is 0 Å². The number of hydrogen-bond acceptors (Lipinski definition) is 3. The molecule has 0 fully saturated rings. The van der Waals surface area contributed by atoms with E-state index in [4.69, 9.17) is 0 Å². The van der Waals surface area contributed by atoms with Crippen molar-refractivity contribution in [3.63, 3.8) is 0 Å². The van der Waals surface area contributed by atoms with Gasteiger partial charge in [0, 0.05) is 41.3 Å². The zero-order valence-corrected chi connectivity index (χ0v) is 30.3. The predicted octanol–water partition coefficient (Wildman–Crippen LogP) is 15.5. The van der Waals surface area contributed by atoms with Gasteiger partial charge in [0.05, 0.1) is 16.1 Å². The molecular formula is C50H31NS2. The normalized spacial score (nSPS) is 11.8. The molecule has 0 unspecified atom stereocenters. The minimum absolute atomic E-state index is 1.13. The molecule has 0 N–H and O–H groups in total. The van der Waals surface area contributed by atoms with E-state index in [-0.39, 0.29) is 0 Å². The van der Waals surface area contributed by atoms with E-state index in [2.05, 4.69) is 193 Å². The molecule has 0 aliphatic heterocycles. The number of fused-ring (bicyclic) bond motifs is 9. The highest BCUT2D eigenvalue weighted by Gasteiger charge is 2.23. The van der Waals surface area contributed by atoms with Crippen LogP contribution in [0.25, 0.3) is 84.1 Å². The number of nitrogens with zero attached hydrogens (tertiary/aromatic N) is 1. The lowest BCUT2D eigenvalue weighted by molar-refractivity contribution is 1.32. The molecular weight excluding hydrogens is 679 g/mol. The number of rotatable bonds is 5. The van der Waals surface area contributed by atoms with E-state index in [1.807, 2.05) is 22.7 Å². The average molecular weight is 710 g/mol. The quantitative estimate of drug-likeness (QED) is 0.161. The highest BCUT2D eigenvalue weighted by Crippen LogP contribution is 2.51. The molecule has 11 rings (SSSR count). The molecule has 0 saturated heterocycles. The summed E-state index contributed by atoms with van der Waals surface area (Å²) in [6.45, 7) is 0. The molecule has 0 saturated carbocycles. The topological polar surface area (TPSA) is 3.24 Å². The zero-order chi connectivity index (χ0) is 34.9. The molecule has 9 aromatic carbocycles. The van der Waals surface area contributed by atoms with Crippen LogP contribution >= 0.6 is 22.7 Å². The fourth-order valence-corrected chi connectivity index (χ4v) is 10.6. The second kappa shape index (κ2) is 12.2. The van der Waals surface area contributed by atoms with Crippen molar-refractivity contribution >= 4 is 102 Å². The minimum Gasteiger partial charge on any atom is -0.308 e. The molecule has 0 aliphatic rings. The molecule has 53 heavy (non-hydrogen) atoms. The highest BCUT2D eigenvalue weighted by atomic mass is 32.1. The first-order valence-corrected chi connectivity index (χ1v) is 19.6. The van der Waals surface area contributed by atoms with Gasteiger partial charge in [-0.15, -0.1) is 22.7 Å². The van der Waals surface area contributed by atoms with Gasteiger partial charge >= 0.3 is 0 Å². The maximum absolute atomic E-state index is 2.50. The Morgan fingerprint density at radius 1 is 0.340 bits per heavy atom. The monoisotopic (exact) mass is 709 g/mol. The van der Waals surface area contributed by atoms with Crippen molar-refractivity contribution in [3.05, 3.63) is 188 Å². The molecule has 2 aromatic heterocycles. The van der Waals surface area contributed by atoms with Gasteiger partial charge in [-0.25, -0.2) is 0 Å². The van der Waals surface area contributed by atoms with Gasteiger partial charge in [0.1, 0.15) is 0 Å². The number of thiophene rings is 2. The Morgan fingerprint density at radius 3 is 1.83 bits per heavy atom. The lowest BCUT2D eigenvalue weighted by atomic mass is 9.97. The van der Waals surface area contributed by atoms with Gasteiger partial charge in [-0.1, -0.05) is 146 Å². The number of hydrogen-bond donors (Lipinski definition) is 0. The molecule has 0 amide bonds. The van der Waals surface area contributed by atoms with Gasteiger partial charge in [-0.05, 0) is 86.3 Å². The standard InChI is InChI=1S/C50H31NS2/c1-2-11-33(12-3-1)40-29-30-44(48-43-16-7-9-20-47(43)53-50(40)48)51(45-18-10-17-42-41-15-6-8-19-46(41)52-49(42)45)37-26-23-32(24-27-37)35-25-28-39-36(31-35)22-21-34-13-4-5-14-38(34)39/h1-31H. The SMILES string of the molecule is c1ccc(-c2ccc(N(c3ccc(-c4ccc5c(ccc6ccccc65)c4)cc3)c3cccc4c3sc3ccccc34)c3c2sc2ccccc23)cc1. The van der Waals surface area contributed by atoms with Crippen molar-refractivity contribution in [2.45, 2.75) is 0 Å². The molecule has 0 bridgehead atoms. The van der Waals surface area contributed by atoms with Crippen LogP contribution in [-0.2, 0) is 0 Å². The molecule has 0 radical (unpaired) electrons. The fourth-order valence-electron chi connectivity index (χ4n) is 8.15. The third kappa shape index (κ3) is 4.89. The Morgan fingerprint density at radius 2 is 0.981 bits per heavy atom. The van der Waals surface area contributed by atoms with Crippen LogP contribution in [0.4, 0.5) is 17.1 Å². The summed E-state index contributed by atoms with van der Waals surface area (Å²) in [4.78, 5) is 2.50. The van der Waals surface area contributed by atoms with Crippen LogP contribution in [-0.4, -0.2) is 0 Å². The molecule has 0 atom stereocenters. The molecule has 2 heterocycles. The largest absolute Gasteiger partial charge is 0.308 e. The van der Waals surface area contributed by atoms with E-state index < -0.39 is 0 Å². The third-order valence-corrected chi connectivity index (χ3v) is 13.1. The lowest BCUT2D eigenvalue weighted by Crippen LogP contribution is -2.10.